The monoisotopic (exact) mass is 277 g/mol. The molecule has 1 aromatic rings. The van der Waals surface area contributed by atoms with Gasteiger partial charge in [-0.1, -0.05) is 13.3 Å². The summed E-state index contributed by atoms with van der Waals surface area (Å²) in [5.74, 6) is 0.629. The fourth-order valence-electron chi connectivity index (χ4n) is 3.42. The Morgan fingerprint density at radius 2 is 2.25 bits per heavy atom. The van der Waals surface area contributed by atoms with Crippen molar-refractivity contribution >= 4 is 5.91 Å². The van der Waals surface area contributed by atoms with Crippen LogP contribution in [0.2, 0.25) is 0 Å². The van der Waals surface area contributed by atoms with Gasteiger partial charge in [0.2, 0.25) is 0 Å². The summed E-state index contributed by atoms with van der Waals surface area (Å²) in [6.07, 6.45) is 6.47. The third kappa shape index (κ3) is 2.90. The van der Waals surface area contributed by atoms with Gasteiger partial charge in [-0.05, 0) is 50.8 Å². The number of hydrogen-bond acceptors (Lipinski definition) is 2. The number of hydrogen-bond donors (Lipinski definition) is 1. The Balaban J connectivity index is 2.18. The van der Waals surface area contributed by atoms with Crippen molar-refractivity contribution in [1.82, 2.24) is 9.47 Å². The molecule has 0 saturated heterocycles. The predicted octanol–water partition coefficient (Wildman–Crippen LogP) is 2.49. The second kappa shape index (κ2) is 6.93. The van der Waals surface area contributed by atoms with E-state index in [9.17, 15) is 4.79 Å². The lowest BCUT2D eigenvalue weighted by molar-refractivity contribution is 0.0640. The zero-order valence-corrected chi connectivity index (χ0v) is 12.7. The number of aryl methyl sites for hydroxylation is 1. The highest BCUT2D eigenvalue weighted by Crippen LogP contribution is 2.30. The minimum atomic E-state index is 0.163. The minimum Gasteiger partial charge on any atom is -0.344 e. The molecule has 1 amide bonds. The molecule has 112 valence electrons. The summed E-state index contributed by atoms with van der Waals surface area (Å²) in [5, 5.41) is 0. The second-order valence-corrected chi connectivity index (χ2v) is 5.67. The van der Waals surface area contributed by atoms with Gasteiger partial charge in [-0.2, -0.15) is 0 Å². The third-order valence-electron chi connectivity index (χ3n) is 4.44. The predicted molar refractivity (Wildman–Crippen MR) is 81.6 cm³/mol. The van der Waals surface area contributed by atoms with Crippen LogP contribution in [0.4, 0.5) is 0 Å². The van der Waals surface area contributed by atoms with E-state index in [-0.39, 0.29) is 5.91 Å². The molecule has 0 radical (unpaired) electrons. The summed E-state index contributed by atoms with van der Waals surface area (Å²) < 4.78 is 2.07. The highest BCUT2D eigenvalue weighted by atomic mass is 16.2. The highest BCUT2D eigenvalue weighted by Gasteiger charge is 2.34. The molecule has 1 saturated carbocycles. The van der Waals surface area contributed by atoms with Crippen molar-refractivity contribution in [3.05, 3.63) is 24.0 Å². The standard InChI is InChI=1S/C16H27N3O/c1-3-10-18-11-6-9-15(18)16(20)19(4-2)14-8-5-7-13(14)12-17/h6,9,11,13-14H,3-5,7-8,10,12,17H2,1-2H3. The van der Waals surface area contributed by atoms with Gasteiger partial charge in [-0.25, -0.2) is 0 Å². The van der Waals surface area contributed by atoms with E-state index in [1.54, 1.807) is 0 Å². The van der Waals surface area contributed by atoms with Crippen molar-refractivity contribution in [2.45, 2.75) is 52.1 Å². The van der Waals surface area contributed by atoms with Crippen molar-refractivity contribution in [2.24, 2.45) is 11.7 Å². The summed E-state index contributed by atoms with van der Waals surface area (Å²) >= 11 is 0. The molecule has 2 atom stereocenters. The van der Waals surface area contributed by atoms with Crippen LogP contribution in [0.15, 0.2) is 18.3 Å². The molecule has 0 spiro atoms. The van der Waals surface area contributed by atoms with Gasteiger partial charge in [0.15, 0.2) is 0 Å². The number of nitrogens with two attached hydrogens (primary N) is 1. The molecular weight excluding hydrogens is 250 g/mol. The van der Waals surface area contributed by atoms with Crippen LogP contribution in [0.1, 0.15) is 50.0 Å². The van der Waals surface area contributed by atoms with E-state index in [1.165, 1.54) is 6.42 Å². The molecule has 1 fully saturated rings. The Hall–Kier alpha value is -1.29. The summed E-state index contributed by atoms with van der Waals surface area (Å²) in [7, 11) is 0. The van der Waals surface area contributed by atoms with Crippen LogP contribution in [0, 0.1) is 5.92 Å². The number of rotatable bonds is 6. The second-order valence-electron chi connectivity index (χ2n) is 5.67. The number of aromatic nitrogens is 1. The van der Waals surface area contributed by atoms with Gasteiger partial charge >= 0.3 is 0 Å². The molecular formula is C16H27N3O. The van der Waals surface area contributed by atoms with E-state index >= 15 is 0 Å². The normalized spacial score (nSPS) is 22.1. The van der Waals surface area contributed by atoms with E-state index < -0.39 is 0 Å². The van der Waals surface area contributed by atoms with E-state index in [1.807, 2.05) is 23.2 Å². The SMILES string of the molecule is CCCn1cccc1C(=O)N(CC)C1CCCC1CN. The third-order valence-corrected chi connectivity index (χ3v) is 4.44. The van der Waals surface area contributed by atoms with Crippen LogP contribution >= 0.6 is 0 Å². The topological polar surface area (TPSA) is 51.3 Å². The molecule has 4 heteroatoms. The zero-order chi connectivity index (χ0) is 14.5. The van der Waals surface area contributed by atoms with Crippen molar-refractivity contribution in [3.63, 3.8) is 0 Å². The average Bonchev–Trinajstić information content (AvgIpc) is 3.08. The van der Waals surface area contributed by atoms with Crippen LogP contribution in [0.3, 0.4) is 0 Å². The van der Waals surface area contributed by atoms with Crippen molar-refractivity contribution in [2.75, 3.05) is 13.1 Å². The Bertz CT molecular complexity index is 441. The van der Waals surface area contributed by atoms with Gasteiger partial charge < -0.3 is 15.2 Å². The smallest absolute Gasteiger partial charge is 0.270 e. The fourth-order valence-corrected chi connectivity index (χ4v) is 3.42. The summed E-state index contributed by atoms with van der Waals surface area (Å²) in [6.45, 7) is 6.54. The van der Waals surface area contributed by atoms with Crippen LogP contribution in [-0.4, -0.2) is 34.5 Å². The first-order valence-electron chi connectivity index (χ1n) is 7.89. The maximum Gasteiger partial charge on any atom is 0.270 e. The molecule has 0 bridgehead atoms. The van der Waals surface area contributed by atoms with Gasteiger partial charge in [0.1, 0.15) is 5.69 Å². The average molecular weight is 277 g/mol. The first-order valence-corrected chi connectivity index (χ1v) is 7.89. The van der Waals surface area contributed by atoms with Crippen molar-refractivity contribution in [1.29, 1.82) is 0 Å². The summed E-state index contributed by atoms with van der Waals surface area (Å²) in [4.78, 5) is 14.9. The molecule has 0 aliphatic heterocycles. The Morgan fingerprint density at radius 3 is 2.90 bits per heavy atom. The first-order chi connectivity index (χ1) is 9.72. The molecule has 2 unspecified atom stereocenters. The van der Waals surface area contributed by atoms with E-state index in [0.717, 1.165) is 38.0 Å². The van der Waals surface area contributed by atoms with Crippen molar-refractivity contribution in [3.8, 4) is 0 Å². The van der Waals surface area contributed by atoms with Crippen LogP contribution in [-0.2, 0) is 6.54 Å². The van der Waals surface area contributed by atoms with Gasteiger partial charge in [0.05, 0.1) is 0 Å². The van der Waals surface area contributed by atoms with Crippen LogP contribution < -0.4 is 5.73 Å². The van der Waals surface area contributed by atoms with Gasteiger partial charge in [0.25, 0.3) is 5.91 Å². The van der Waals surface area contributed by atoms with Gasteiger partial charge in [0, 0.05) is 25.3 Å². The zero-order valence-electron chi connectivity index (χ0n) is 12.7. The molecule has 4 nitrogen and oxygen atoms in total. The lowest BCUT2D eigenvalue weighted by Crippen LogP contribution is -2.44. The molecule has 2 N–H and O–H groups in total. The van der Waals surface area contributed by atoms with Crippen LogP contribution in [0.5, 0.6) is 0 Å². The largest absolute Gasteiger partial charge is 0.344 e. The lowest BCUT2D eigenvalue weighted by atomic mass is 10.0. The first kappa shape index (κ1) is 15.1. The molecule has 1 aliphatic carbocycles. The molecule has 1 aliphatic rings. The highest BCUT2D eigenvalue weighted by molar-refractivity contribution is 5.93. The maximum absolute atomic E-state index is 12.8. The minimum absolute atomic E-state index is 0.163. The number of carbonyl (C=O) groups is 1. The molecule has 0 aromatic carbocycles. The molecule has 2 rings (SSSR count). The van der Waals surface area contributed by atoms with Gasteiger partial charge in [-0.15, -0.1) is 0 Å². The Labute approximate surface area is 121 Å². The van der Waals surface area contributed by atoms with Gasteiger partial charge in [-0.3, -0.25) is 4.79 Å². The summed E-state index contributed by atoms with van der Waals surface area (Å²) in [6, 6.07) is 4.22. The van der Waals surface area contributed by atoms with Crippen LogP contribution in [0.25, 0.3) is 0 Å². The number of carbonyl (C=O) groups excluding carboxylic acids is 1. The molecule has 1 aromatic heterocycles. The van der Waals surface area contributed by atoms with E-state index in [2.05, 4.69) is 18.4 Å². The number of nitrogens with zero attached hydrogens (tertiary/aromatic N) is 2. The van der Waals surface area contributed by atoms with Crippen molar-refractivity contribution < 1.29 is 4.79 Å². The Morgan fingerprint density at radius 1 is 1.45 bits per heavy atom. The fraction of sp³-hybridized carbons (Fsp3) is 0.688. The number of amides is 1. The summed E-state index contributed by atoms with van der Waals surface area (Å²) in [5.41, 5.74) is 6.69. The van der Waals surface area contributed by atoms with E-state index in [0.29, 0.717) is 18.5 Å². The Kier molecular flexibility index (Phi) is 5.24. The molecule has 1 heterocycles. The maximum atomic E-state index is 12.8. The quantitative estimate of drug-likeness (QED) is 0.868. The van der Waals surface area contributed by atoms with E-state index in [4.69, 9.17) is 5.73 Å². The lowest BCUT2D eigenvalue weighted by Gasteiger charge is -2.32. The molecule has 20 heavy (non-hydrogen) atoms.